The van der Waals surface area contributed by atoms with Crippen molar-refractivity contribution in [3.8, 4) is 0 Å². The number of carbonyl (C=O) groups excluding carboxylic acids is 1. The van der Waals surface area contributed by atoms with Crippen LogP contribution in [0.1, 0.15) is 40.0 Å². The number of hydrogen-bond donors (Lipinski definition) is 1. The lowest BCUT2D eigenvalue weighted by Crippen LogP contribution is -2.49. The van der Waals surface area contributed by atoms with Gasteiger partial charge in [-0.2, -0.15) is 0 Å². The maximum absolute atomic E-state index is 12.4. The van der Waals surface area contributed by atoms with Crippen LogP contribution in [-0.2, 0) is 9.59 Å². The summed E-state index contributed by atoms with van der Waals surface area (Å²) in [5.41, 5.74) is -0.235. The van der Waals surface area contributed by atoms with Crippen LogP contribution in [0.2, 0.25) is 0 Å². The highest BCUT2D eigenvalue weighted by Gasteiger charge is 2.38. The van der Waals surface area contributed by atoms with E-state index in [2.05, 4.69) is 0 Å². The average Bonchev–Trinajstić information content (AvgIpc) is 2.36. The summed E-state index contributed by atoms with van der Waals surface area (Å²) in [5.74, 6) is -1.94. The highest BCUT2D eigenvalue weighted by atomic mass is 16.4. The molecule has 4 nitrogen and oxygen atoms in total. The normalized spacial score (nSPS) is 23.8. The minimum atomic E-state index is -0.875. The molecule has 0 aromatic rings. The molecule has 0 fully saturated rings. The molecule has 0 saturated carbocycles. The van der Waals surface area contributed by atoms with Crippen LogP contribution in [-0.4, -0.2) is 34.5 Å². The molecule has 1 aliphatic carbocycles. The SMILES string of the molecule is CCC(C)(C)N(C)C(=O)C1CC=CCC1C(=O)O. The lowest BCUT2D eigenvalue weighted by molar-refractivity contribution is -0.152. The average molecular weight is 253 g/mol. The summed E-state index contributed by atoms with van der Waals surface area (Å²) in [6.07, 6.45) is 5.59. The van der Waals surface area contributed by atoms with Crippen molar-refractivity contribution in [2.45, 2.75) is 45.6 Å². The summed E-state index contributed by atoms with van der Waals surface area (Å²) >= 11 is 0. The number of carbonyl (C=O) groups is 2. The Kier molecular flexibility index (Phi) is 4.54. The molecule has 0 aliphatic heterocycles. The van der Waals surface area contributed by atoms with Crippen LogP contribution in [0.3, 0.4) is 0 Å². The van der Waals surface area contributed by atoms with Gasteiger partial charge in [0.15, 0.2) is 0 Å². The Morgan fingerprint density at radius 2 is 1.78 bits per heavy atom. The number of rotatable bonds is 4. The zero-order valence-electron chi connectivity index (χ0n) is 11.6. The predicted octanol–water partition coefficient (Wildman–Crippen LogP) is 2.30. The first kappa shape index (κ1) is 14.7. The Morgan fingerprint density at radius 1 is 1.28 bits per heavy atom. The van der Waals surface area contributed by atoms with E-state index in [1.54, 1.807) is 11.9 Å². The number of nitrogens with zero attached hydrogens (tertiary/aromatic N) is 1. The number of allylic oxidation sites excluding steroid dienone is 2. The van der Waals surface area contributed by atoms with Gasteiger partial charge in [0.05, 0.1) is 11.8 Å². The molecule has 4 heteroatoms. The number of amides is 1. The smallest absolute Gasteiger partial charge is 0.307 e. The van der Waals surface area contributed by atoms with E-state index in [4.69, 9.17) is 0 Å². The van der Waals surface area contributed by atoms with Crippen LogP contribution in [0.25, 0.3) is 0 Å². The zero-order valence-corrected chi connectivity index (χ0v) is 11.6. The summed E-state index contributed by atoms with van der Waals surface area (Å²) in [6.45, 7) is 6.03. The van der Waals surface area contributed by atoms with Gasteiger partial charge in [-0.25, -0.2) is 0 Å². The standard InChI is InChI=1S/C14H23NO3/c1-5-14(2,3)15(4)12(16)10-8-6-7-9-11(10)13(17)18/h6-7,10-11H,5,8-9H2,1-4H3,(H,17,18). The Morgan fingerprint density at radius 3 is 2.22 bits per heavy atom. The molecule has 102 valence electrons. The van der Waals surface area contributed by atoms with Gasteiger partial charge in [0.2, 0.25) is 5.91 Å². The molecule has 0 spiro atoms. The van der Waals surface area contributed by atoms with Gasteiger partial charge < -0.3 is 10.0 Å². The summed E-state index contributed by atoms with van der Waals surface area (Å²) in [7, 11) is 1.77. The largest absolute Gasteiger partial charge is 0.481 e. The van der Waals surface area contributed by atoms with Gasteiger partial charge in [-0.3, -0.25) is 9.59 Å². The lowest BCUT2D eigenvalue weighted by Gasteiger charge is -2.38. The lowest BCUT2D eigenvalue weighted by atomic mass is 9.81. The first-order valence-corrected chi connectivity index (χ1v) is 6.46. The maximum Gasteiger partial charge on any atom is 0.307 e. The van der Waals surface area contributed by atoms with Crippen LogP contribution >= 0.6 is 0 Å². The Bertz CT molecular complexity index is 360. The van der Waals surface area contributed by atoms with Crippen molar-refractivity contribution in [3.05, 3.63) is 12.2 Å². The molecule has 0 aromatic carbocycles. The quantitative estimate of drug-likeness (QED) is 0.782. The van der Waals surface area contributed by atoms with Gasteiger partial charge in [0, 0.05) is 12.6 Å². The summed E-state index contributed by atoms with van der Waals surface area (Å²) < 4.78 is 0. The van der Waals surface area contributed by atoms with Crippen LogP contribution < -0.4 is 0 Å². The van der Waals surface area contributed by atoms with Gasteiger partial charge >= 0.3 is 5.97 Å². The van der Waals surface area contributed by atoms with Gasteiger partial charge in [0.1, 0.15) is 0 Å². The van der Waals surface area contributed by atoms with E-state index in [1.807, 2.05) is 32.9 Å². The molecule has 0 aromatic heterocycles. The maximum atomic E-state index is 12.4. The van der Waals surface area contributed by atoms with Crippen molar-refractivity contribution in [3.63, 3.8) is 0 Å². The van der Waals surface area contributed by atoms with E-state index in [0.717, 1.165) is 6.42 Å². The second kappa shape index (κ2) is 5.55. The third-order valence-corrected chi connectivity index (χ3v) is 4.17. The summed E-state index contributed by atoms with van der Waals surface area (Å²) in [5, 5.41) is 9.19. The molecule has 0 bridgehead atoms. The van der Waals surface area contributed by atoms with Crippen LogP contribution in [0.15, 0.2) is 12.2 Å². The van der Waals surface area contributed by atoms with Crippen LogP contribution in [0.5, 0.6) is 0 Å². The predicted molar refractivity (Wildman–Crippen MR) is 70.1 cm³/mol. The van der Waals surface area contributed by atoms with E-state index >= 15 is 0 Å². The van der Waals surface area contributed by atoms with Crippen molar-refractivity contribution in [1.82, 2.24) is 4.90 Å². The Hall–Kier alpha value is -1.32. The van der Waals surface area contributed by atoms with Crippen molar-refractivity contribution in [1.29, 1.82) is 0 Å². The molecule has 1 amide bonds. The minimum Gasteiger partial charge on any atom is -0.481 e. The molecular weight excluding hydrogens is 230 g/mol. The van der Waals surface area contributed by atoms with E-state index in [1.165, 1.54) is 0 Å². The second-order valence-corrected chi connectivity index (χ2v) is 5.56. The van der Waals surface area contributed by atoms with E-state index in [-0.39, 0.29) is 11.4 Å². The van der Waals surface area contributed by atoms with Gasteiger partial charge in [-0.15, -0.1) is 0 Å². The molecule has 2 unspecified atom stereocenters. The fraction of sp³-hybridized carbons (Fsp3) is 0.714. The Labute approximate surface area is 109 Å². The molecule has 1 rings (SSSR count). The van der Waals surface area contributed by atoms with Gasteiger partial charge in [0.25, 0.3) is 0 Å². The highest BCUT2D eigenvalue weighted by molar-refractivity contribution is 5.85. The number of hydrogen-bond acceptors (Lipinski definition) is 2. The minimum absolute atomic E-state index is 0.0569. The van der Waals surface area contributed by atoms with Crippen LogP contribution in [0.4, 0.5) is 0 Å². The monoisotopic (exact) mass is 253 g/mol. The summed E-state index contributed by atoms with van der Waals surface area (Å²) in [6, 6.07) is 0. The van der Waals surface area contributed by atoms with E-state index in [9.17, 15) is 14.7 Å². The first-order chi connectivity index (χ1) is 8.31. The Balaban J connectivity index is 2.88. The third-order valence-electron chi connectivity index (χ3n) is 4.17. The zero-order chi connectivity index (χ0) is 13.9. The molecule has 0 saturated heterocycles. The topological polar surface area (TPSA) is 57.6 Å². The fourth-order valence-corrected chi connectivity index (χ4v) is 2.14. The molecule has 0 radical (unpaired) electrons. The van der Waals surface area contributed by atoms with Gasteiger partial charge in [-0.05, 0) is 33.1 Å². The van der Waals surface area contributed by atoms with Crippen molar-refractivity contribution < 1.29 is 14.7 Å². The molecule has 0 heterocycles. The van der Waals surface area contributed by atoms with Crippen molar-refractivity contribution in [2.75, 3.05) is 7.05 Å². The van der Waals surface area contributed by atoms with Crippen LogP contribution in [0, 0.1) is 11.8 Å². The molecular formula is C14H23NO3. The second-order valence-electron chi connectivity index (χ2n) is 5.56. The molecule has 1 N–H and O–H groups in total. The van der Waals surface area contributed by atoms with Crippen molar-refractivity contribution in [2.24, 2.45) is 11.8 Å². The fourth-order valence-electron chi connectivity index (χ4n) is 2.14. The molecule has 1 aliphatic rings. The summed E-state index contributed by atoms with van der Waals surface area (Å²) in [4.78, 5) is 25.4. The van der Waals surface area contributed by atoms with E-state index in [0.29, 0.717) is 12.8 Å². The van der Waals surface area contributed by atoms with Gasteiger partial charge in [-0.1, -0.05) is 19.1 Å². The van der Waals surface area contributed by atoms with Crippen molar-refractivity contribution >= 4 is 11.9 Å². The number of carboxylic acids is 1. The number of aliphatic carboxylic acids is 1. The highest BCUT2D eigenvalue weighted by Crippen LogP contribution is 2.30. The van der Waals surface area contributed by atoms with E-state index < -0.39 is 17.8 Å². The first-order valence-electron chi connectivity index (χ1n) is 6.46. The third kappa shape index (κ3) is 2.92. The number of carboxylic acid groups (broad SMARTS) is 1. The molecule has 2 atom stereocenters. The molecule has 18 heavy (non-hydrogen) atoms.